The van der Waals surface area contributed by atoms with Gasteiger partial charge < -0.3 is 14.6 Å². The highest BCUT2D eigenvalue weighted by Crippen LogP contribution is 2.25. The first-order valence-electron chi connectivity index (χ1n) is 8.88. The van der Waals surface area contributed by atoms with E-state index in [1.165, 1.54) is 6.07 Å². The number of thioether (sulfide) groups is 1. The number of para-hydroxylation sites is 1. The lowest BCUT2D eigenvalue weighted by Gasteiger charge is -2.12. The van der Waals surface area contributed by atoms with Crippen molar-refractivity contribution in [1.82, 2.24) is 14.5 Å². The quantitative estimate of drug-likeness (QED) is 0.404. The number of fused-ring (bicyclic) bond motifs is 1. The fourth-order valence-electron chi connectivity index (χ4n) is 3.02. The molecule has 2 heterocycles. The van der Waals surface area contributed by atoms with E-state index in [1.807, 2.05) is 47.4 Å². The number of nitrogens with one attached hydrogen (secondary N) is 1. The van der Waals surface area contributed by atoms with Gasteiger partial charge in [-0.15, -0.1) is 11.8 Å². The molecule has 0 bridgehead atoms. The smallest absolute Gasteiger partial charge is 0.387 e. The Morgan fingerprint density at radius 1 is 1.14 bits per heavy atom. The largest absolute Gasteiger partial charge is 0.434 e. The van der Waals surface area contributed by atoms with Crippen LogP contribution in [0.5, 0.6) is 5.75 Å². The van der Waals surface area contributed by atoms with Crippen molar-refractivity contribution in [3.63, 3.8) is 0 Å². The van der Waals surface area contributed by atoms with Gasteiger partial charge in [0.25, 0.3) is 0 Å². The van der Waals surface area contributed by atoms with Gasteiger partial charge >= 0.3 is 6.61 Å². The molecule has 0 atom stereocenters. The molecule has 1 N–H and O–H groups in total. The molecule has 0 amide bonds. The van der Waals surface area contributed by atoms with E-state index in [9.17, 15) is 8.78 Å². The van der Waals surface area contributed by atoms with Gasteiger partial charge in [0.05, 0.1) is 6.54 Å². The Bertz CT molecular complexity index is 1130. The van der Waals surface area contributed by atoms with Crippen LogP contribution < -0.4 is 10.1 Å². The second kappa shape index (κ2) is 8.48. The minimum absolute atomic E-state index is 0.158. The summed E-state index contributed by atoms with van der Waals surface area (Å²) in [5, 5.41) is 4.08. The third kappa shape index (κ3) is 4.48. The van der Waals surface area contributed by atoms with Crippen molar-refractivity contribution >= 4 is 34.4 Å². The zero-order valence-electron chi connectivity index (χ0n) is 15.5. The van der Waals surface area contributed by atoms with E-state index in [2.05, 4.69) is 20.0 Å². The molecule has 0 spiro atoms. The first-order chi connectivity index (χ1) is 14.1. The Morgan fingerprint density at radius 2 is 2.00 bits per heavy atom. The van der Waals surface area contributed by atoms with Gasteiger partial charge in [-0.25, -0.2) is 4.98 Å². The lowest BCUT2D eigenvalue weighted by molar-refractivity contribution is -0.0504. The maximum Gasteiger partial charge on any atom is 0.387 e. The van der Waals surface area contributed by atoms with E-state index in [0.29, 0.717) is 23.7 Å². The third-order valence-electron chi connectivity index (χ3n) is 4.36. The van der Waals surface area contributed by atoms with Crippen molar-refractivity contribution in [2.45, 2.75) is 18.1 Å². The van der Waals surface area contributed by atoms with E-state index in [1.54, 1.807) is 36.2 Å². The van der Waals surface area contributed by atoms with Crippen LogP contribution in [0.3, 0.4) is 0 Å². The SMILES string of the molecule is CSc1cccc(Nc2ncc3ccn(Cc4ccccc4OC(F)F)c3n2)c1. The maximum atomic E-state index is 12.7. The normalized spacial score (nSPS) is 11.2. The number of benzene rings is 2. The molecular weight excluding hydrogens is 394 g/mol. The highest BCUT2D eigenvalue weighted by molar-refractivity contribution is 7.98. The van der Waals surface area contributed by atoms with Crippen LogP contribution in [-0.4, -0.2) is 27.4 Å². The molecular formula is C21H18F2N4OS. The minimum Gasteiger partial charge on any atom is -0.434 e. The monoisotopic (exact) mass is 412 g/mol. The van der Waals surface area contributed by atoms with Gasteiger partial charge in [0.1, 0.15) is 11.4 Å². The van der Waals surface area contributed by atoms with E-state index < -0.39 is 6.61 Å². The summed E-state index contributed by atoms with van der Waals surface area (Å²) in [5.41, 5.74) is 2.24. The Labute approximate surface area is 170 Å². The van der Waals surface area contributed by atoms with Crippen LogP contribution in [0.15, 0.2) is 71.9 Å². The summed E-state index contributed by atoms with van der Waals surface area (Å²) < 4.78 is 31.9. The summed E-state index contributed by atoms with van der Waals surface area (Å²) in [7, 11) is 0. The predicted octanol–water partition coefficient (Wildman–Crippen LogP) is 5.55. The van der Waals surface area contributed by atoms with Gasteiger partial charge in [-0.3, -0.25) is 0 Å². The number of nitrogens with zero attached hydrogens (tertiary/aromatic N) is 3. The molecule has 148 valence electrons. The molecule has 0 saturated heterocycles. The predicted molar refractivity (Wildman–Crippen MR) is 111 cm³/mol. The first-order valence-corrected chi connectivity index (χ1v) is 10.1. The number of anilines is 2. The summed E-state index contributed by atoms with van der Waals surface area (Å²) in [6.45, 7) is -2.52. The molecule has 29 heavy (non-hydrogen) atoms. The third-order valence-corrected chi connectivity index (χ3v) is 5.08. The van der Waals surface area contributed by atoms with Gasteiger partial charge in [-0.2, -0.15) is 13.8 Å². The van der Waals surface area contributed by atoms with E-state index in [4.69, 9.17) is 0 Å². The van der Waals surface area contributed by atoms with Crippen molar-refractivity contribution in [3.05, 3.63) is 72.6 Å². The molecule has 4 rings (SSSR count). The summed E-state index contributed by atoms with van der Waals surface area (Å²) in [6, 6.07) is 16.6. The van der Waals surface area contributed by atoms with Gasteiger partial charge in [-0.1, -0.05) is 24.3 Å². The first kappa shape index (κ1) is 19.2. The zero-order chi connectivity index (χ0) is 20.2. The molecule has 0 fully saturated rings. The van der Waals surface area contributed by atoms with Crippen molar-refractivity contribution in [2.75, 3.05) is 11.6 Å². The van der Waals surface area contributed by atoms with Crippen molar-refractivity contribution in [1.29, 1.82) is 0 Å². The molecule has 4 aromatic rings. The van der Waals surface area contributed by atoms with Crippen LogP contribution >= 0.6 is 11.8 Å². The summed E-state index contributed by atoms with van der Waals surface area (Å²) in [4.78, 5) is 10.1. The number of hydrogen-bond acceptors (Lipinski definition) is 5. The van der Waals surface area contributed by atoms with Crippen LogP contribution in [0.2, 0.25) is 0 Å². The van der Waals surface area contributed by atoms with Crippen LogP contribution in [0.25, 0.3) is 11.0 Å². The van der Waals surface area contributed by atoms with E-state index in [-0.39, 0.29) is 5.75 Å². The van der Waals surface area contributed by atoms with Crippen LogP contribution in [0, 0.1) is 0 Å². The van der Waals surface area contributed by atoms with E-state index >= 15 is 0 Å². The van der Waals surface area contributed by atoms with Crippen molar-refractivity contribution < 1.29 is 13.5 Å². The van der Waals surface area contributed by atoms with Gasteiger partial charge in [0.2, 0.25) is 5.95 Å². The van der Waals surface area contributed by atoms with E-state index in [0.717, 1.165) is 16.0 Å². The number of alkyl halides is 2. The molecule has 5 nitrogen and oxygen atoms in total. The average molecular weight is 412 g/mol. The van der Waals surface area contributed by atoms with Crippen LogP contribution in [0.4, 0.5) is 20.4 Å². The standard InChI is InChI=1S/C21H18F2N4OS/c1-29-17-7-4-6-16(11-17)25-21-24-12-14-9-10-27(19(14)26-21)13-15-5-2-3-8-18(15)28-20(22)23/h2-12,20H,13H2,1H3,(H,24,25,26). The molecule has 0 aliphatic rings. The highest BCUT2D eigenvalue weighted by atomic mass is 32.2. The molecule has 0 aliphatic carbocycles. The van der Waals surface area contributed by atoms with Crippen LogP contribution in [-0.2, 0) is 6.54 Å². The van der Waals surface area contributed by atoms with Crippen LogP contribution in [0.1, 0.15) is 5.56 Å². The second-order valence-electron chi connectivity index (χ2n) is 6.26. The molecule has 0 saturated carbocycles. The van der Waals surface area contributed by atoms with Gasteiger partial charge in [0, 0.05) is 33.9 Å². The molecule has 2 aromatic carbocycles. The summed E-state index contributed by atoms with van der Waals surface area (Å²) in [6.07, 6.45) is 5.61. The average Bonchev–Trinajstić information content (AvgIpc) is 3.11. The Kier molecular flexibility index (Phi) is 5.62. The molecule has 0 aliphatic heterocycles. The van der Waals surface area contributed by atoms with Crippen molar-refractivity contribution in [3.8, 4) is 5.75 Å². The lowest BCUT2D eigenvalue weighted by atomic mass is 10.2. The molecule has 0 unspecified atom stereocenters. The number of rotatable bonds is 7. The highest BCUT2D eigenvalue weighted by Gasteiger charge is 2.12. The maximum absolute atomic E-state index is 12.7. The summed E-state index contributed by atoms with van der Waals surface area (Å²) >= 11 is 1.66. The minimum atomic E-state index is -2.87. The Hall–Kier alpha value is -3.13. The fraction of sp³-hybridized carbons (Fsp3) is 0.143. The molecule has 8 heteroatoms. The topological polar surface area (TPSA) is 52.0 Å². The summed E-state index contributed by atoms with van der Waals surface area (Å²) in [5.74, 6) is 0.624. The van der Waals surface area contributed by atoms with Gasteiger partial charge in [-0.05, 0) is 36.6 Å². The lowest BCUT2D eigenvalue weighted by Crippen LogP contribution is -2.07. The van der Waals surface area contributed by atoms with Crippen molar-refractivity contribution in [2.24, 2.45) is 0 Å². The number of hydrogen-bond donors (Lipinski definition) is 1. The number of halogens is 2. The fourth-order valence-corrected chi connectivity index (χ4v) is 3.48. The molecule has 0 radical (unpaired) electrons. The zero-order valence-corrected chi connectivity index (χ0v) is 16.4. The second-order valence-corrected chi connectivity index (χ2v) is 7.14. The number of aromatic nitrogens is 3. The molecule has 2 aromatic heterocycles. The Morgan fingerprint density at radius 3 is 2.83 bits per heavy atom. The van der Waals surface area contributed by atoms with Gasteiger partial charge in [0.15, 0.2) is 0 Å². The number of ether oxygens (including phenoxy) is 1. The Balaban J connectivity index is 1.62.